The third-order valence-electron chi connectivity index (χ3n) is 4.77. The Balaban J connectivity index is 1.53. The Morgan fingerprint density at radius 2 is 1.76 bits per heavy atom. The van der Waals surface area contributed by atoms with Gasteiger partial charge in [0.25, 0.3) is 0 Å². The summed E-state index contributed by atoms with van der Waals surface area (Å²) in [6.07, 6.45) is 0. The van der Waals surface area contributed by atoms with E-state index < -0.39 is 10.0 Å². The standard InChI is InChI=1S/C21H27N3O4S/c1-3-28-19-7-9-20(10-8-19)29(26,27)24-13-11-23(12-14-24)16-21(25)22-18-6-4-5-17(2)15-18/h4-10,15H,3,11-14,16H2,1-2H3,(H,22,25). The second kappa shape index (κ2) is 9.39. The molecular weight excluding hydrogens is 390 g/mol. The van der Waals surface area contributed by atoms with Gasteiger partial charge in [0.15, 0.2) is 0 Å². The molecule has 0 atom stereocenters. The molecule has 2 aromatic rings. The summed E-state index contributed by atoms with van der Waals surface area (Å²) in [4.78, 5) is 14.5. The lowest BCUT2D eigenvalue weighted by Gasteiger charge is -2.33. The first-order valence-corrected chi connectivity index (χ1v) is 11.1. The second-order valence-corrected chi connectivity index (χ2v) is 8.94. The molecule has 1 aliphatic rings. The summed E-state index contributed by atoms with van der Waals surface area (Å²) in [5.41, 5.74) is 1.85. The van der Waals surface area contributed by atoms with Gasteiger partial charge < -0.3 is 10.1 Å². The van der Waals surface area contributed by atoms with Crippen molar-refractivity contribution in [3.63, 3.8) is 0 Å². The van der Waals surface area contributed by atoms with Crippen molar-refractivity contribution < 1.29 is 17.9 Å². The molecule has 1 N–H and O–H groups in total. The van der Waals surface area contributed by atoms with Gasteiger partial charge in [-0.25, -0.2) is 8.42 Å². The monoisotopic (exact) mass is 417 g/mol. The third kappa shape index (κ3) is 5.56. The van der Waals surface area contributed by atoms with Crippen LogP contribution in [0.15, 0.2) is 53.4 Å². The number of nitrogens with zero attached hydrogens (tertiary/aromatic N) is 2. The van der Waals surface area contributed by atoms with Crippen LogP contribution in [-0.2, 0) is 14.8 Å². The van der Waals surface area contributed by atoms with Crippen molar-refractivity contribution in [1.82, 2.24) is 9.21 Å². The fourth-order valence-electron chi connectivity index (χ4n) is 3.28. The van der Waals surface area contributed by atoms with Crippen LogP contribution < -0.4 is 10.1 Å². The number of benzene rings is 2. The zero-order chi connectivity index (χ0) is 20.9. The van der Waals surface area contributed by atoms with Crippen LogP contribution in [0.5, 0.6) is 5.75 Å². The first kappa shape index (κ1) is 21.3. The molecule has 0 aromatic heterocycles. The Labute approximate surface area is 172 Å². The number of carbonyl (C=O) groups excluding carboxylic acids is 1. The van der Waals surface area contributed by atoms with Gasteiger partial charge in [-0.3, -0.25) is 9.69 Å². The molecule has 1 saturated heterocycles. The van der Waals surface area contributed by atoms with Crippen LogP contribution in [-0.4, -0.2) is 62.9 Å². The first-order chi connectivity index (χ1) is 13.9. The van der Waals surface area contributed by atoms with Gasteiger partial charge in [0.05, 0.1) is 18.0 Å². The van der Waals surface area contributed by atoms with E-state index in [0.29, 0.717) is 38.5 Å². The highest BCUT2D eigenvalue weighted by Gasteiger charge is 2.29. The number of ether oxygens (including phenoxy) is 1. The van der Waals surface area contributed by atoms with E-state index in [1.54, 1.807) is 24.3 Å². The van der Waals surface area contributed by atoms with Gasteiger partial charge in [-0.1, -0.05) is 12.1 Å². The topological polar surface area (TPSA) is 79.0 Å². The highest BCUT2D eigenvalue weighted by Crippen LogP contribution is 2.21. The fourth-order valence-corrected chi connectivity index (χ4v) is 4.70. The molecule has 29 heavy (non-hydrogen) atoms. The van der Waals surface area contributed by atoms with Crippen LogP contribution in [0, 0.1) is 6.92 Å². The number of aryl methyl sites for hydroxylation is 1. The molecule has 8 heteroatoms. The highest BCUT2D eigenvalue weighted by molar-refractivity contribution is 7.89. The molecule has 1 heterocycles. The van der Waals surface area contributed by atoms with Crippen molar-refractivity contribution in [3.05, 3.63) is 54.1 Å². The number of nitrogens with one attached hydrogen (secondary N) is 1. The van der Waals surface area contributed by atoms with Crippen LogP contribution in [0.2, 0.25) is 0 Å². The van der Waals surface area contributed by atoms with E-state index in [9.17, 15) is 13.2 Å². The van der Waals surface area contributed by atoms with Gasteiger partial charge in [-0.2, -0.15) is 4.31 Å². The van der Waals surface area contributed by atoms with E-state index >= 15 is 0 Å². The number of anilines is 1. The minimum atomic E-state index is -3.55. The molecule has 0 spiro atoms. The van der Waals surface area contributed by atoms with Crippen molar-refractivity contribution in [2.45, 2.75) is 18.7 Å². The number of piperazine rings is 1. The Hall–Kier alpha value is -2.42. The predicted octanol–water partition coefficient (Wildman–Crippen LogP) is 2.34. The maximum absolute atomic E-state index is 12.8. The predicted molar refractivity (Wildman–Crippen MR) is 113 cm³/mol. The quantitative estimate of drug-likeness (QED) is 0.748. The third-order valence-corrected chi connectivity index (χ3v) is 6.69. The molecule has 156 valence electrons. The van der Waals surface area contributed by atoms with Crippen LogP contribution in [0.25, 0.3) is 0 Å². The van der Waals surface area contributed by atoms with Crippen molar-refractivity contribution in [1.29, 1.82) is 0 Å². The Morgan fingerprint density at radius 1 is 1.07 bits per heavy atom. The number of hydrogen-bond donors (Lipinski definition) is 1. The van der Waals surface area contributed by atoms with Gasteiger partial charge in [0.1, 0.15) is 5.75 Å². The van der Waals surface area contributed by atoms with Crippen molar-refractivity contribution in [3.8, 4) is 5.75 Å². The Kier molecular flexibility index (Phi) is 6.89. The minimum absolute atomic E-state index is 0.0987. The van der Waals surface area contributed by atoms with Gasteiger partial charge >= 0.3 is 0 Å². The lowest BCUT2D eigenvalue weighted by atomic mass is 10.2. The van der Waals surface area contributed by atoms with E-state index in [4.69, 9.17) is 4.74 Å². The summed E-state index contributed by atoms with van der Waals surface area (Å²) < 4.78 is 32.5. The Morgan fingerprint density at radius 3 is 2.38 bits per heavy atom. The van der Waals surface area contributed by atoms with E-state index in [-0.39, 0.29) is 17.3 Å². The molecule has 1 amide bonds. The van der Waals surface area contributed by atoms with Gasteiger partial charge in [0, 0.05) is 31.9 Å². The smallest absolute Gasteiger partial charge is 0.243 e. The van der Waals surface area contributed by atoms with Crippen molar-refractivity contribution in [2.24, 2.45) is 0 Å². The molecular formula is C21H27N3O4S. The minimum Gasteiger partial charge on any atom is -0.494 e. The van der Waals surface area contributed by atoms with Crippen molar-refractivity contribution in [2.75, 3.05) is 44.6 Å². The largest absolute Gasteiger partial charge is 0.494 e. The summed E-state index contributed by atoms with van der Waals surface area (Å²) in [5, 5.41) is 2.89. The molecule has 0 saturated carbocycles. The molecule has 0 bridgehead atoms. The normalized spacial score (nSPS) is 15.8. The number of amides is 1. The summed E-state index contributed by atoms with van der Waals surface area (Å²) in [5.74, 6) is 0.550. The summed E-state index contributed by atoms with van der Waals surface area (Å²) >= 11 is 0. The average molecular weight is 418 g/mol. The summed E-state index contributed by atoms with van der Waals surface area (Å²) in [6.45, 7) is 6.36. The highest BCUT2D eigenvalue weighted by atomic mass is 32.2. The van der Waals surface area contributed by atoms with E-state index in [1.165, 1.54) is 4.31 Å². The zero-order valence-electron chi connectivity index (χ0n) is 16.8. The second-order valence-electron chi connectivity index (χ2n) is 7.00. The maximum Gasteiger partial charge on any atom is 0.243 e. The van der Waals surface area contributed by atoms with Crippen LogP contribution in [0.3, 0.4) is 0 Å². The van der Waals surface area contributed by atoms with E-state index in [1.807, 2.05) is 43.0 Å². The molecule has 2 aromatic carbocycles. The summed E-state index contributed by atoms with van der Waals surface area (Å²) in [6, 6.07) is 14.1. The van der Waals surface area contributed by atoms with Crippen LogP contribution >= 0.6 is 0 Å². The molecule has 0 unspecified atom stereocenters. The summed E-state index contributed by atoms with van der Waals surface area (Å²) in [7, 11) is -3.55. The number of rotatable bonds is 7. The molecule has 3 rings (SSSR count). The molecule has 1 aliphatic heterocycles. The number of sulfonamides is 1. The molecule has 1 fully saturated rings. The van der Waals surface area contributed by atoms with Gasteiger partial charge in [-0.05, 0) is 55.8 Å². The van der Waals surface area contributed by atoms with Crippen LogP contribution in [0.1, 0.15) is 12.5 Å². The SMILES string of the molecule is CCOc1ccc(S(=O)(=O)N2CCN(CC(=O)Nc3cccc(C)c3)CC2)cc1. The van der Waals surface area contributed by atoms with Crippen molar-refractivity contribution >= 4 is 21.6 Å². The number of hydrogen-bond acceptors (Lipinski definition) is 5. The molecule has 0 aliphatic carbocycles. The maximum atomic E-state index is 12.8. The van der Waals surface area contributed by atoms with Gasteiger partial charge in [-0.15, -0.1) is 0 Å². The molecule has 7 nitrogen and oxygen atoms in total. The average Bonchev–Trinajstić information content (AvgIpc) is 2.69. The first-order valence-electron chi connectivity index (χ1n) is 9.70. The van der Waals surface area contributed by atoms with Crippen LogP contribution in [0.4, 0.5) is 5.69 Å². The Bertz CT molecular complexity index is 937. The van der Waals surface area contributed by atoms with E-state index in [0.717, 1.165) is 11.3 Å². The van der Waals surface area contributed by atoms with E-state index in [2.05, 4.69) is 5.32 Å². The lowest BCUT2D eigenvalue weighted by molar-refractivity contribution is -0.117. The fraction of sp³-hybridized carbons (Fsp3) is 0.381. The zero-order valence-corrected chi connectivity index (χ0v) is 17.6. The lowest BCUT2D eigenvalue weighted by Crippen LogP contribution is -2.50. The molecule has 0 radical (unpaired) electrons. The van der Waals surface area contributed by atoms with Gasteiger partial charge in [0.2, 0.25) is 15.9 Å². The number of carbonyl (C=O) groups is 1.